The van der Waals surface area contributed by atoms with Crippen LogP contribution in [0, 0.1) is 0 Å². The maximum atomic E-state index is 12.7. The van der Waals surface area contributed by atoms with Gasteiger partial charge in [-0.25, -0.2) is 0 Å². The summed E-state index contributed by atoms with van der Waals surface area (Å²) in [5.74, 6) is 0. The zero-order valence-electron chi connectivity index (χ0n) is 8.12. The first kappa shape index (κ1) is 10.9. The number of fused-ring (bicyclic) bond motifs is 1. The Morgan fingerprint density at radius 3 is 2.50 bits per heavy atom. The summed E-state index contributed by atoms with van der Waals surface area (Å²) in [6.07, 6.45) is -4.44. The van der Waals surface area contributed by atoms with Crippen LogP contribution in [0.3, 0.4) is 0 Å². The molecular formula is C11H8F3NO. The van der Waals surface area contributed by atoms with Gasteiger partial charge in [0.1, 0.15) is 0 Å². The van der Waals surface area contributed by atoms with Crippen LogP contribution >= 0.6 is 0 Å². The van der Waals surface area contributed by atoms with Crippen molar-refractivity contribution in [2.45, 2.75) is 12.8 Å². The first-order chi connectivity index (χ1) is 7.52. The van der Waals surface area contributed by atoms with E-state index >= 15 is 0 Å². The van der Waals surface area contributed by atoms with Gasteiger partial charge < -0.3 is 5.11 Å². The average molecular weight is 227 g/mol. The monoisotopic (exact) mass is 227 g/mol. The lowest BCUT2D eigenvalue weighted by atomic mass is 10.1. The molecule has 16 heavy (non-hydrogen) atoms. The van der Waals surface area contributed by atoms with Crippen molar-refractivity contribution < 1.29 is 18.3 Å². The lowest BCUT2D eigenvalue weighted by Crippen LogP contribution is -2.08. The summed E-state index contributed by atoms with van der Waals surface area (Å²) in [6, 6.07) is 6.87. The minimum Gasteiger partial charge on any atom is -0.390 e. The topological polar surface area (TPSA) is 33.1 Å². The molecule has 0 unspecified atom stereocenters. The summed E-state index contributed by atoms with van der Waals surface area (Å²) in [6.45, 7) is -0.506. The summed E-state index contributed by atoms with van der Waals surface area (Å²) >= 11 is 0. The molecule has 0 atom stereocenters. The molecule has 1 N–H and O–H groups in total. The molecule has 84 valence electrons. The Morgan fingerprint density at radius 1 is 1.19 bits per heavy atom. The first-order valence-electron chi connectivity index (χ1n) is 4.59. The van der Waals surface area contributed by atoms with Crippen molar-refractivity contribution in [3.63, 3.8) is 0 Å². The minimum atomic E-state index is -4.44. The van der Waals surface area contributed by atoms with Crippen LogP contribution in [0.4, 0.5) is 13.2 Å². The van der Waals surface area contributed by atoms with Crippen molar-refractivity contribution in [1.82, 2.24) is 4.98 Å². The van der Waals surface area contributed by atoms with Crippen molar-refractivity contribution in [2.75, 3.05) is 0 Å². The molecule has 2 nitrogen and oxygen atoms in total. The summed E-state index contributed by atoms with van der Waals surface area (Å²) in [5, 5.41) is 8.91. The molecule has 0 saturated carbocycles. The molecule has 0 spiro atoms. The molecular weight excluding hydrogens is 219 g/mol. The van der Waals surface area contributed by atoms with E-state index in [9.17, 15) is 13.2 Å². The number of halogens is 3. The van der Waals surface area contributed by atoms with Crippen molar-refractivity contribution >= 4 is 10.9 Å². The van der Waals surface area contributed by atoms with E-state index in [1.54, 1.807) is 6.07 Å². The molecule has 1 aromatic carbocycles. The Kier molecular flexibility index (Phi) is 2.55. The average Bonchev–Trinajstić information content (AvgIpc) is 2.26. The summed E-state index contributed by atoms with van der Waals surface area (Å²) in [7, 11) is 0. The Labute approximate surface area is 89.4 Å². The maximum absolute atomic E-state index is 12.7. The molecule has 2 rings (SSSR count). The molecule has 1 aromatic heterocycles. The van der Waals surface area contributed by atoms with Crippen LogP contribution in [-0.2, 0) is 12.8 Å². The second-order valence-corrected chi connectivity index (χ2v) is 3.33. The highest BCUT2D eigenvalue weighted by molar-refractivity contribution is 5.82. The van der Waals surface area contributed by atoms with Crippen LogP contribution in [0.1, 0.15) is 11.3 Å². The summed E-state index contributed by atoms with van der Waals surface area (Å²) in [4.78, 5) is 3.92. The number of rotatable bonds is 1. The molecule has 0 amide bonds. The predicted octanol–water partition coefficient (Wildman–Crippen LogP) is 2.75. The maximum Gasteiger partial charge on any atom is 0.417 e. The normalized spacial score (nSPS) is 12.0. The smallest absolute Gasteiger partial charge is 0.390 e. The minimum absolute atomic E-state index is 0.0195. The zero-order valence-corrected chi connectivity index (χ0v) is 8.12. The number of hydrogen-bond acceptors (Lipinski definition) is 2. The zero-order chi connectivity index (χ0) is 11.8. The van der Waals surface area contributed by atoms with Crippen LogP contribution in [0.5, 0.6) is 0 Å². The summed E-state index contributed by atoms with van der Waals surface area (Å²) in [5.41, 5.74) is -0.505. The van der Waals surface area contributed by atoms with Gasteiger partial charge in [0, 0.05) is 5.39 Å². The van der Waals surface area contributed by atoms with E-state index in [-0.39, 0.29) is 16.6 Å². The SMILES string of the molecule is OCc1cc(C(F)(F)F)c2ccccc2n1. The van der Waals surface area contributed by atoms with Gasteiger partial charge in [-0.15, -0.1) is 0 Å². The fourth-order valence-corrected chi connectivity index (χ4v) is 1.55. The second kappa shape index (κ2) is 3.75. The van der Waals surface area contributed by atoms with Crippen LogP contribution < -0.4 is 0 Å². The highest BCUT2D eigenvalue weighted by Gasteiger charge is 2.33. The number of pyridine rings is 1. The van der Waals surface area contributed by atoms with E-state index in [0.717, 1.165) is 6.07 Å². The van der Waals surface area contributed by atoms with Crippen LogP contribution in [0.2, 0.25) is 0 Å². The number of benzene rings is 1. The van der Waals surface area contributed by atoms with E-state index in [1.165, 1.54) is 18.2 Å². The van der Waals surface area contributed by atoms with Gasteiger partial charge in [-0.05, 0) is 12.1 Å². The molecule has 0 bridgehead atoms. The highest BCUT2D eigenvalue weighted by Crippen LogP contribution is 2.34. The van der Waals surface area contributed by atoms with E-state index < -0.39 is 18.3 Å². The van der Waals surface area contributed by atoms with E-state index in [0.29, 0.717) is 0 Å². The Morgan fingerprint density at radius 2 is 1.88 bits per heavy atom. The third-order valence-electron chi connectivity index (χ3n) is 2.24. The lowest BCUT2D eigenvalue weighted by molar-refractivity contribution is -0.136. The van der Waals surface area contributed by atoms with Crippen molar-refractivity contribution in [1.29, 1.82) is 0 Å². The van der Waals surface area contributed by atoms with Gasteiger partial charge in [-0.2, -0.15) is 13.2 Å². The fraction of sp³-hybridized carbons (Fsp3) is 0.182. The Hall–Kier alpha value is -1.62. The predicted molar refractivity (Wildman–Crippen MR) is 52.7 cm³/mol. The molecule has 0 radical (unpaired) electrons. The van der Waals surface area contributed by atoms with Gasteiger partial charge in [-0.3, -0.25) is 4.98 Å². The molecule has 5 heteroatoms. The van der Waals surface area contributed by atoms with Gasteiger partial charge in [0.2, 0.25) is 0 Å². The number of para-hydroxylation sites is 1. The third kappa shape index (κ3) is 1.86. The quantitative estimate of drug-likeness (QED) is 0.812. The number of aliphatic hydroxyl groups is 1. The second-order valence-electron chi connectivity index (χ2n) is 3.33. The van der Waals surface area contributed by atoms with Crippen molar-refractivity contribution in [3.8, 4) is 0 Å². The molecule has 0 fully saturated rings. The van der Waals surface area contributed by atoms with Crippen LogP contribution in [0.25, 0.3) is 10.9 Å². The van der Waals surface area contributed by atoms with Crippen LogP contribution in [0.15, 0.2) is 30.3 Å². The molecule has 0 saturated heterocycles. The Balaban J connectivity index is 2.79. The standard InChI is InChI=1S/C11H8F3NO/c12-11(13,14)9-5-7(6-16)15-10-4-2-1-3-8(9)10/h1-5,16H,6H2. The molecule has 2 aromatic rings. The van der Waals surface area contributed by atoms with Gasteiger partial charge >= 0.3 is 6.18 Å². The number of aliphatic hydroxyl groups excluding tert-OH is 1. The molecule has 1 heterocycles. The lowest BCUT2D eigenvalue weighted by Gasteiger charge is -2.11. The first-order valence-corrected chi connectivity index (χ1v) is 4.59. The van der Waals surface area contributed by atoms with Crippen LogP contribution in [-0.4, -0.2) is 10.1 Å². The van der Waals surface area contributed by atoms with Crippen molar-refractivity contribution in [3.05, 3.63) is 41.6 Å². The Bertz CT molecular complexity index is 522. The van der Waals surface area contributed by atoms with Gasteiger partial charge in [-0.1, -0.05) is 18.2 Å². The third-order valence-corrected chi connectivity index (χ3v) is 2.24. The number of hydrogen-bond donors (Lipinski definition) is 1. The van der Waals surface area contributed by atoms with E-state index in [2.05, 4.69) is 4.98 Å². The van der Waals surface area contributed by atoms with Gasteiger partial charge in [0.25, 0.3) is 0 Å². The van der Waals surface area contributed by atoms with Gasteiger partial charge in [0.15, 0.2) is 0 Å². The molecule has 0 aliphatic heterocycles. The van der Waals surface area contributed by atoms with E-state index in [4.69, 9.17) is 5.11 Å². The largest absolute Gasteiger partial charge is 0.417 e. The van der Waals surface area contributed by atoms with Crippen molar-refractivity contribution in [2.24, 2.45) is 0 Å². The molecule has 0 aliphatic rings. The van der Waals surface area contributed by atoms with E-state index in [1.807, 2.05) is 0 Å². The fourth-order valence-electron chi connectivity index (χ4n) is 1.55. The number of alkyl halides is 3. The summed E-state index contributed by atoms with van der Waals surface area (Å²) < 4.78 is 38.2. The van der Waals surface area contributed by atoms with Gasteiger partial charge in [0.05, 0.1) is 23.4 Å². The number of aromatic nitrogens is 1. The number of nitrogens with zero attached hydrogens (tertiary/aromatic N) is 1. The molecule has 0 aliphatic carbocycles. The highest BCUT2D eigenvalue weighted by atomic mass is 19.4.